The quantitative estimate of drug-likeness (QED) is 0.607. The Morgan fingerprint density at radius 1 is 1.10 bits per heavy atom. The fraction of sp³-hybridized carbons (Fsp3) is 0. The standard InChI is InChI=1S/C5H5.CH3.Cl2O.V/c1-2-4-5-3-1;;1-3-2;/h1-5H;1H3;;/q2*-1;;+2. The molecule has 0 unspecified atom stereocenters. The molecule has 0 bridgehead atoms. The first-order chi connectivity index (χ1) is 3.91. The zero-order chi connectivity index (χ0) is 6.24. The van der Waals surface area contributed by atoms with E-state index in [9.17, 15) is 0 Å². The predicted octanol–water partition coefficient (Wildman–Crippen LogP) is 3.16. The van der Waals surface area contributed by atoms with E-state index in [1.807, 2.05) is 30.3 Å². The van der Waals surface area contributed by atoms with Crippen molar-refractivity contribution >= 4 is 23.7 Å². The van der Waals surface area contributed by atoms with E-state index in [0.29, 0.717) is 0 Å². The molecule has 1 aromatic carbocycles. The van der Waals surface area contributed by atoms with Crippen LogP contribution in [0.2, 0.25) is 0 Å². The second kappa shape index (κ2) is 16.2. The van der Waals surface area contributed by atoms with Crippen LogP contribution >= 0.6 is 23.7 Å². The van der Waals surface area contributed by atoms with Gasteiger partial charge in [-0.1, -0.05) is 0 Å². The third kappa shape index (κ3) is 15.8. The fourth-order valence-electron chi connectivity index (χ4n) is 0.321. The number of halogens is 2. The number of hydrogen-bond donors (Lipinski definition) is 0. The van der Waals surface area contributed by atoms with Crippen molar-refractivity contribution in [3.8, 4) is 0 Å². The Kier molecular flexibility index (Phi) is 27.3. The molecule has 0 fully saturated rings. The topological polar surface area (TPSA) is 9.23 Å². The average Bonchev–Trinajstić information content (AvgIpc) is 2.17. The molecule has 0 aromatic heterocycles. The molecule has 0 N–H and O–H groups in total. The van der Waals surface area contributed by atoms with E-state index in [1.165, 1.54) is 0 Å². The molecule has 10 heavy (non-hydrogen) atoms. The van der Waals surface area contributed by atoms with E-state index in [-0.39, 0.29) is 26.0 Å². The van der Waals surface area contributed by atoms with Crippen LogP contribution in [0.15, 0.2) is 30.3 Å². The third-order valence-corrected chi connectivity index (χ3v) is 0.556. The van der Waals surface area contributed by atoms with E-state index in [2.05, 4.69) is 27.6 Å². The molecule has 0 saturated heterocycles. The first kappa shape index (κ1) is 16.8. The SMILES string of the molecule is ClOCl.[CH3-].[V+2].c1cc[cH-]c1. The maximum Gasteiger partial charge on any atom is 2.00 e. The van der Waals surface area contributed by atoms with Crippen molar-refractivity contribution in [2.24, 2.45) is 0 Å². The summed E-state index contributed by atoms with van der Waals surface area (Å²) >= 11 is 8.53. The van der Waals surface area contributed by atoms with Gasteiger partial charge < -0.3 is 7.43 Å². The third-order valence-electron chi connectivity index (χ3n) is 0.556. The van der Waals surface area contributed by atoms with Crippen LogP contribution in [0, 0.1) is 7.43 Å². The van der Waals surface area contributed by atoms with Crippen LogP contribution in [0.3, 0.4) is 0 Å². The summed E-state index contributed by atoms with van der Waals surface area (Å²) in [4.78, 5) is 0. The second-order valence-corrected chi connectivity index (χ2v) is 1.49. The molecule has 0 aliphatic carbocycles. The minimum Gasteiger partial charge on any atom is -0.358 e. The molecule has 0 spiro atoms. The smallest absolute Gasteiger partial charge is 0.358 e. The van der Waals surface area contributed by atoms with Crippen molar-refractivity contribution in [1.82, 2.24) is 0 Å². The number of rotatable bonds is 0. The van der Waals surface area contributed by atoms with Gasteiger partial charge in [0.15, 0.2) is 0 Å². The molecular formula is C6H8Cl2OV. The van der Waals surface area contributed by atoms with Gasteiger partial charge in [-0.15, -0.1) is 0 Å². The monoisotopic (exact) mass is 217 g/mol. The van der Waals surface area contributed by atoms with Gasteiger partial charge in [0.1, 0.15) is 0 Å². The van der Waals surface area contributed by atoms with Crippen LogP contribution in [-0.2, 0) is 22.4 Å². The molecule has 4 heteroatoms. The molecule has 1 radical (unpaired) electrons. The van der Waals surface area contributed by atoms with Gasteiger partial charge in [-0.25, -0.2) is 12.1 Å². The molecule has 0 atom stereocenters. The summed E-state index contributed by atoms with van der Waals surface area (Å²) in [6.45, 7) is 0. The molecule has 1 rings (SSSR count). The van der Waals surface area contributed by atoms with Crippen molar-refractivity contribution in [3.05, 3.63) is 37.8 Å². The van der Waals surface area contributed by atoms with E-state index in [4.69, 9.17) is 0 Å². The summed E-state index contributed by atoms with van der Waals surface area (Å²) in [5.41, 5.74) is 0. The van der Waals surface area contributed by atoms with Crippen LogP contribution in [0.1, 0.15) is 0 Å². The van der Waals surface area contributed by atoms with Gasteiger partial charge in [-0.3, -0.25) is 0 Å². The van der Waals surface area contributed by atoms with Crippen molar-refractivity contribution in [2.45, 2.75) is 0 Å². The van der Waals surface area contributed by atoms with Gasteiger partial charge in [0.25, 0.3) is 0 Å². The van der Waals surface area contributed by atoms with Crippen molar-refractivity contribution < 1.29 is 22.4 Å². The Balaban J connectivity index is -0.0000000900. The fourth-order valence-corrected chi connectivity index (χ4v) is 0.321. The Morgan fingerprint density at radius 2 is 1.40 bits per heavy atom. The van der Waals surface area contributed by atoms with Crippen LogP contribution in [-0.4, -0.2) is 0 Å². The predicted molar refractivity (Wildman–Crippen MR) is 41.2 cm³/mol. The van der Waals surface area contributed by atoms with E-state index in [0.717, 1.165) is 0 Å². The molecular weight excluding hydrogens is 210 g/mol. The minimum absolute atomic E-state index is 0. The second-order valence-electron chi connectivity index (χ2n) is 1.02. The van der Waals surface area contributed by atoms with Gasteiger partial charge in [-0.2, -0.15) is 22.0 Å². The summed E-state index contributed by atoms with van der Waals surface area (Å²) in [5, 5.41) is 0. The van der Waals surface area contributed by atoms with Crippen LogP contribution < -0.4 is 0 Å². The van der Waals surface area contributed by atoms with Gasteiger partial charge in [0.05, 0.1) is 23.7 Å². The van der Waals surface area contributed by atoms with Crippen molar-refractivity contribution in [2.75, 3.05) is 0 Å². The maximum absolute atomic E-state index is 4.26. The summed E-state index contributed by atoms with van der Waals surface area (Å²) in [6, 6.07) is 10.0. The van der Waals surface area contributed by atoms with E-state index < -0.39 is 0 Å². The first-order valence-corrected chi connectivity index (χ1v) is 2.59. The normalized spacial score (nSPS) is 5.80. The Hall–Kier alpha value is 0.474. The zero-order valence-electron chi connectivity index (χ0n) is 5.50. The molecule has 0 amide bonds. The molecule has 0 heterocycles. The maximum atomic E-state index is 4.26. The molecule has 0 saturated carbocycles. The van der Waals surface area contributed by atoms with Crippen molar-refractivity contribution in [3.63, 3.8) is 0 Å². The molecule has 57 valence electrons. The van der Waals surface area contributed by atoms with Gasteiger partial charge in [0, 0.05) is 0 Å². The molecule has 0 aliphatic heterocycles. The van der Waals surface area contributed by atoms with Gasteiger partial charge >= 0.3 is 18.6 Å². The molecule has 0 aliphatic rings. The Bertz CT molecular complexity index is 82.6. The zero-order valence-corrected chi connectivity index (χ0v) is 8.41. The number of hydrogen-bond acceptors (Lipinski definition) is 1. The van der Waals surface area contributed by atoms with Crippen LogP contribution in [0.4, 0.5) is 0 Å². The summed E-state index contributed by atoms with van der Waals surface area (Å²) in [5.74, 6) is 0. The molecule has 1 aromatic rings. The molecule has 1 nitrogen and oxygen atoms in total. The Labute approximate surface area is 83.9 Å². The average molecular weight is 218 g/mol. The summed E-state index contributed by atoms with van der Waals surface area (Å²) in [7, 11) is 0. The van der Waals surface area contributed by atoms with Crippen molar-refractivity contribution in [1.29, 1.82) is 0 Å². The Morgan fingerprint density at radius 3 is 1.50 bits per heavy atom. The van der Waals surface area contributed by atoms with Gasteiger partial charge in [0.2, 0.25) is 0 Å². The van der Waals surface area contributed by atoms with Crippen LogP contribution in [0.25, 0.3) is 0 Å². The summed E-state index contributed by atoms with van der Waals surface area (Å²) in [6.07, 6.45) is 0. The largest absolute Gasteiger partial charge is 2.00 e. The van der Waals surface area contributed by atoms with E-state index >= 15 is 0 Å². The summed E-state index contributed by atoms with van der Waals surface area (Å²) < 4.78 is 3.19. The minimum atomic E-state index is 0. The first-order valence-electron chi connectivity index (χ1n) is 1.98. The van der Waals surface area contributed by atoms with Crippen LogP contribution in [0.5, 0.6) is 0 Å². The van der Waals surface area contributed by atoms with E-state index in [1.54, 1.807) is 0 Å². The van der Waals surface area contributed by atoms with Gasteiger partial charge in [-0.05, 0) is 0 Å².